The molecule has 4 rings (SSSR count). The van der Waals surface area contributed by atoms with E-state index in [0.29, 0.717) is 35.1 Å². The summed E-state index contributed by atoms with van der Waals surface area (Å²) < 4.78 is 0. The first-order valence-electron chi connectivity index (χ1n) is 9.68. The number of carbonyl (C=O) groups is 4. The number of nitrogens with zero attached hydrogens (tertiary/aromatic N) is 2. The number of amides is 4. The van der Waals surface area contributed by atoms with Gasteiger partial charge in [0.15, 0.2) is 0 Å². The van der Waals surface area contributed by atoms with Gasteiger partial charge in [-0.2, -0.15) is 0 Å². The Morgan fingerprint density at radius 3 is 1.52 bits per heavy atom. The van der Waals surface area contributed by atoms with Gasteiger partial charge in [0.2, 0.25) is 0 Å². The Morgan fingerprint density at radius 2 is 1.15 bits per heavy atom. The normalized spacial score (nSPS) is 28.5. The largest absolute Gasteiger partial charge is 0.269 e. The molecule has 27 heavy (non-hydrogen) atoms. The molecule has 0 N–H and O–H groups in total. The standard InChI is InChI=1S/C20H24N2O4S/c1-11-5-3-7-13-15(11)19(25)21(17(13)23)9-27-10-22-18(24)14-8-4-6-12(2)16(14)20(22)26/h11-12H,3-10H2,1-2H3/t11-,12+. The predicted octanol–water partition coefficient (Wildman–Crippen LogP) is 2.61. The van der Waals surface area contributed by atoms with Gasteiger partial charge in [0.25, 0.3) is 23.6 Å². The summed E-state index contributed by atoms with van der Waals surface area (Å²) in [5.74, 6) is -0.180. The van der Waals surface area contributed by atoms with Crippen LogP contribution in [0.2, 0.25) is 0 Å². The van der Waals surface area contributed by atoms with Crippen LogP contribution in [0.4, 0.5) is 0 Å². The molecule has 0 aromatic rings. The molecule has 0 aromatic heterocycles. The molecule has 0 aromatic carbocycles. The molecule has 0 unspecified atom stereocenters. The molecular weight excluding hydrogens is 364 g/mol. The SMILES string of the molecule is C[C@@H]1CCCC2=C1C(=O)N(CSCN1C(=O)C3=C(C1=O)[C@@H](C)CCC3)C2=O. The van der Waals surface area contributed by atoms with E-state index in [2.05, 4.69) is 0 Å². The van der Waals surface area contributed by atoms with Crippen LogP contribution in [0.15, 0.2) is 22.3 Å². The van der Waals surface area contributed by atoms with Crippen LogP contribution in [-0.2, 0) is 19.2 Å². The summed E-state index contributed by atoms with van der Waals surface area (Å²) in [5.41, 5.74) is 2.68. The van der Waals surface area contributed by atoms with Crippen LogP contribution in [0, 0.1) is 11.8 Å². The Kier molecular flexibility index (Phi) is 4.74. The highest BCUT2D eigenvalue weighted by Gasteiger charge is 2.43. The number of hydrogen-bond acceptors (Lipinski definition) is 5. The van der Waals surface area contributed by atoms with E-state index in [1.165, 1.54) is 21.6 Å². The Hall–Kier alpha value is -1.89. The van der Waals surface area contributed by atoms with Crippen LogP contribution in [0.3, 0.4) is 0 Å². The van der Waals surface area contributed by atoms with Gasteiger partial charge in [-0.1, -0.05) is 13.8 Å². The second-order valence-corrected chi connectivity index (χ2v) is 8.83. The van der Waals surface area contributed by atoms with E-state index < -0.39 is 0 Å². The second-order valence-electron chi connectivity index (χ2n) is 7.91. The number of carbonyl (C=O) groups excluding carboxylic acids is 4. The summed E-state index contributed by atoms with van der Waals surface area (Å²) in [6, 6.07) is 0. The molecular formula is C20H24N2O4S. The minimum Gasteiger partial charge on any atom is -0.269 e. The second kappa shape index (κ2) is 6.93. The zero-order chi connectivity index (χ0) is 19.3. The average Bonchev–Trinajstić information content (AvgIpc) is 3.03. The zero-order valence-corrected chi connectivity index (χ0v) is 16.6. The molecule has 0 fully saturated rings. The fraction of sp³-hybridized carbons (Fsp3) is 0.600. The number of hydrogen-bond donors (Lipinski definition) is 0. The third-order valence-electron chi connectivity index (χ3n) is 6.16. The maximum Gasteiger partial charge on any atom is 0.258 e. The Labute approximate surface area is 163 Å². The molecule has 2 aliphatic heterocycles. The summed E-state index contributed by atoms with van der Waals surface area (Å²) in [6.45, 7) is 3.99. The molecule has 4 aliphatic rings. The maximum atomic E-state index is 12.6. The van der Waals surface area contributed by atoms with Crippen LogP contribution in [-0.4, -0.2) is 45.2 Å². The first kappa shape index (κ1) is 18.5. The maximum absolute atomic E-state index is 12.6. The molecule has 0 bridgehead atoms. The van der Waals surface area contributed by atoms with Crippen molar-refractivity contribution in [2.24, 2.45) is 11.8 Å². The lowest BCUT2D eigenvalue weighted by atomic mass is 9.85. The fourth-order valence-electron chi connectivity index (χ4n) is 4.71. The van der Waals surface area contributed by atoms with Crippen molar-refractivity contribution in [3.05, 3.63) is 22.3 Å². The van der Waals surface area contributed by atoms with Crippen molar-refractivity contribution in [3.8, 4) is 0 Å². The van der Waals surface area contributed by atoms with Crippen molar-refractivity contribution in [2.75, 3.05) is 11.8 Å². The molecule has 6 nitrogen and oxygen atoms in total. The van der Waals surface area contributed by atoms with Crippen molar-refractivity contribution < 1.29 is 19.2 Å². The minimum atomic E-state index is -0.195. The fourth-order valence-corrected chi connectivity index (χ4v) is 5.62. The molecule has 0 radical (unpaired) electrons. The predicted molar refractivity (Wildman–Crippen MR) is 101 cm³/mol. The topological polar surface area (TPSA) is 74.8 Å². The van der Waals surface area contributed by atoms with E-state index in [4.69, 9.17) is 0 Å². The van der Waals surface area contributed by atoms with Gasteiger partial charge in [0.1, 0.15) is 0 Å². The van der Waals surface area contributed by atoms with Gasteiger partial charge in [-0.25, -0.2) is 0 Å². The molecule has 144 valence electrons. The van der Waals surface area contributed by atoms with Crippen LogP contribution >= 0.6 is 11.8 Å². The van der Waals surface area contributed by atoms with Gasteiger partial charge in [0.05, 0.1) is 11.8 Å². The lowest BCUT2D eigenvalue weighted by Crippen LogP contribution is -2.35. The van der Waals surface area contributed by atoms with Gasteiger partial charge >= 0.3 is 0 Å². The molecule has 4 amide bonds. The van der Waals surface area contributed by atoms with Gasteiger partial charge in [-0.05, 0) is 50.4 Å². The van der Waals surface area contributed by atoms with Gasteiger partial charge in [-0.15, -0.1) is 11.8 Å². The molecule has 2 atom stereocenters. The summed E-state index contributed by atoms with van der Waals surface area (Å²) in [6.07, 6.45) is 5.08. The van der Waals surface area contributed by atoms with Crippen LogP contribution in [0.1, 0.15) is 52.4 Å². The lowest BCUT2D eigenvalue weighted by molar-refractivity contribution is -0.137. The van der Waals surface area contributed by atoms with Gasteiger partial charge in [0, 0.05) is 22.3 Å². The van der Waals surface area contributed by atoms with Crippen molar-refractivity contribution in [3.63, 3.8) is 0 Å². The van der Waals surface area contributed by atoms with E-state index in [0.717, 1.165) is 25.7 Å². The third-order valence-corrected chi connectivity index (χ3v) is 7.04. The number of imide groups is 2. The highest BCUT2D eigenvalue weighted by molar-refractivity contribution is 7.99. The van der Waals surface area contributed by atoms with E-state index in [1.54, 1.807) is 0 Å². The molecule has 2 heterocycles. The Balaban J connectivity index is 1.39. The lowest BCUT2D eigenvalue weighted by Gasteiger charge is -2.19. The molecule has 2 aliphatic carbocycles. The number of rotatable bonds is 4. The van der Waals surface area contributed by atoms with E-state index in [1.807, 2.05) is 13.8 Å². The van der Waals surface area contributed by atoms with E-state index in [9.17, 15) is 19.2 Å². The summed E-state index contributed by atoms with van der Waals surface area (Å²) in [4.78, 5) is 53.0. The summed E-state index contributed by atoms with van der Waals surface area (Å²) in [5, 5.41) is 0. The first-order chi connectivity index (χ1) is 12.9. The monoisotopic (exact) mass is 388 g/mol. The van der Waals surface area contributed by atoms with Crippen LogP contribution in [0.25, 0.3) is 0 Å². The smallest absolute Gasteiger partial charge is 0.258 e. The van der Waals surface area contributed by atoms with Gasteiger partial charge < -0.3 is 0 Å². The molecule has 0 spiro atoms. The van der Waals surface area contributed by atoms with Gasteiger partial charge in [-0.3, -0.25) is 29.0 Å². The van der Waals surface area contributed by atoms with Crippen molar-refractivity contribution in [1.82, 2.24) is 9.80 Å². The molecule has 0 saturated heterocycles. The van der Waals surface area contributed by atoms with Crippen LogP contribution in [0.5, 0.6) is 0 Å². The summed E-state index contributed by atoms with van der Waals surface area (Å²) >= 11 is 1.27. The van der Waals surface area contributed by atoms with E-state index >= 15 is 0 Å². The highest BCUT2D eigenvalue weighted by atomic mass is 32.2. The molecule has 7 heteroatoms. The van der Waals surface area contributed by atoms with E-state index in [-0.39, 0.29) is 47.2 Å². The Morgan fingerprint density at radius 1 is 0.741 bits per heavy atom. The quantitative estimate of drug-likeness (QED) is 0.692. The zero-order valence-electron chi connectivity index (χ0n) is 15.7. The highest BCUT2D eigenvalue weighted by Crippen LogP contribution is 2.39. The van der Waals surface area contributed by atoms with Crippen molar-refractivity contribution in [2.45, 2.75) is 52.4 Å². The van der Waals surface area contributed by atoms with Crippen LogP contribution < -0.4 is 0 Å². The Bertz CT molecular complexity index is 747. The average molecular weight is 388 g/mol. The minimum absolute atomic E-state index is 0.124. The van der Waals surface area contributed by atoms with Crippen molar-refractivity contribution >= 4 is 35.4 Å². The summed E-state index contributed by atoms with van der Waals surface area (Å²) in [7, 11) is 0. The first-order valence-corrected chi connectivity index (χ1v) is 10.8. The van der Waals surface area contributed by atoms with Crippen molar-refractivity contribution in [1.29, 1.82) is 0 Å². The third kappa shape index (κ3) is 2.87. The number of thioether (sulfide) groups is 1. The molecule has 0 saturated carbocycles.